The van der Waals surface area contributed by atoms with Gasteiger partial charge in [0.05, 0.1) is 0 Å². The lowest BCUT2D eigenvalue weighted by molar-refractivity contribution is 0.290. The fourth-order valence-electron chi connectivity index (χ4n) is 2.79. The Morgan fingerprint density at radius 1 is 0.500 bits per heavy atom. The first-order chi connectivity index (χ1) is 11.9. The highest BCUT2D eigenvalue weighted by Gasteiger charge is 1.93. The van der Waals surface area contributed by atoms with E-state index in [1.165, 1.54) is 89.9 Å². The van der Waals surface area contributed by atoms with Gasteiger partial charge < -0.3 is 5.11 Å². The minimum atomic E-state index is 0.223. The lowest BCUT2D eigenvalue weighted by atomic mass is 10.0. The molecular formula is C23H40O. The standard InChI is InChI=1S/C23H40O/c1-2-3-4-5-6-7-8-9-10-11-12-13-14-15-16-17-18-19-20-21-22-23-24/h24H,2-16,21-23H2,1H3. The highest BCUT2D eigenvalue weighted by molar-refractivity contribution is 5.25. The molecule has 0 amide bonds. The normalized spacial score (nSPS) is 9.92. The smallest absolute Gasteiger partial charge is 0.0440 e. The topological polar surface area (TPSA) is 20.2 Å². The van der Waals surface area contributed by atoms with E-state index in [1.54, 1.807) is 0 Å². The highest BCUT2D eigenvalue weighted by Crippen LogP contribution is 2.13. The van der Waals surface area contributed by atoms with Gasteiger partial charge in [0.15, 0.2) is 0 Å². The molecule has 0 saturated heterocycles. The zero-order valence-corrected chi connectivity index (χ0v) is 16.2. The van der Waals surface area contributed by atoms with Crippen molar-refractivity contribution in [3.05, 3.63) is 0 Å². The van der Waals surface area contributed by atoms with E-state index in [-0.39, 0.29) is 6.61 Å². The van der Waals surface area contributed by atoms with Crippen molar-refractivity contribution < 1.29 is 5.11 Å². The summed E-state index contributed by atoms with van der Waals surface area (Å²) in [5, 5.41) is 8.61. The van der Waals surface area contributed by atoms with Gasteiger partial charge in [-0.2, -0.15) is 0 Å². The largest absolute Gasteiger partial charge is 0.396 e. The van der Waals surface area contributed by atoms with Gasteiger partial charge in [-0.15, -0.1) is 0 Å². The number of rotatable bonds is 16. The van der Waals surface area contributed by atoms with Crippen LogP contribution in [0.15, 0.2) is 0 Å². The summed E-state index contributed by atoms with van der Waals surface area (Å²) in [6, 6.07) is 0. The van der Waals surface area contributed by atoms with Crippen molar-refractivity contribution in [2.45, 2.75) is 116 Å². The van der Waals surface area contributed by atoms with Gasteiger partial charge in [0.25, 0.3) is 0 Å². The summed E-state index contributed by atoms with van der Waals surface area (Å²) in [4.78, 5) is 0. The molecule has 1 heteroatoms. The van der Waals surface area contributed by atoms with Gasteiger partial charge in [-0.05, 0) is 24.7 Å². The molecule has 0 radical (unpaired) electrons. The van der Waals surface area contributed by atoms with E-state index < -0.39 is 0 Å². The lowest BCUT2D eigenvalue weighted by Gasteiger charge is -2.02. The Hall–Kier alpha value is -0.920. The fourth-order valence-corrected chi connectivity index (χ4v) is 2.79. The zero-order chi connectivity index (χ0) is 17.6. The van der Waals surface area contributed by atoms with Gasteiger partial charge in [0, 0.05) is 19.4 Å². The third-order valence-corrected chi connectivity index (χ3v) is 4.35. The Morgan fingerprint density at radius 3 is 1.29 bits per heavy atom. The SMILES string of the molecule is CCCCCCCCCCCCCCCCC#CC#CCCCO. The van der Waals surface area contributed by atoms with E-state index in [0.717, 1.165) is 19.3 Å². The highest BCUT2D eigenvalue weighted by atomic mass is 16.2. The minimum Gasteiger partial charge on any atom is -0.396 e. The molecule has 0 rings (SSSR count). The van der Waals surface area contributed by atoms with Crippen LogP contribution in [-0.4, -0.2) is 11.7 Å². The van der Waals surface area contributed by atoms with Crippen molar-refractivity contribution in [2.24, 2.45) is 0 Å². The number of hydrogen-bond acceptors (Lipinski definition) is 1. The van der Waals surface area contributed by atoms with Crippen molar-refractivity contribution >= 4 is 0 Å². The molecule has 0 atom stereocenters. The van der Waals surface area contributed by atoms with Crippen LogP contribution in [0.1, 0.15) is 116 Å². The molecule has 0 aromatic heterocycles. The molecule has 0 aliphatic carbocycles. The third kappa shape index (κ3) is 21.1. The van der Waals surface area contributed by atoms with Gasteiger partial charge in [-0.1, -0.05) is 102 Å². The molecule has 0 aromatic carbocycles. The Labute approximate surface area is 152 Å². The van der Waals surface area contributed by atoms with Crippen LogP contribution in [0, 0.1) is 23.7 Å². The second-order valence-corrected chi connectivity index (χ2v) is 6.78. The molecule has 0 spiro atoms. The molecule has 0 aliphatic heterocycles. The van der Waals surface area contributed by atoms with E-state index in [0.29, 0.717) is 0 Å². The molecule has 0 unspecified atom stereocenters. The van der Waals surface area contributed by atoms with E-state index in [1.807, 2.05) is 0 Å². The lowest BCUT2D eigenvalue weighted by Crippen LogP contribution is -1.83. The summed E-state index contributed by atoms with van der Waals surface area (Å²) in [5.41, 5.74) is 0. The van der Waals surface area contributed by atoms with Crippen molar-refractivity contribution in [3.8, 4) is 23.7 Å². The van der Waals surface area contributed by atoms with Crippen molar-refractivity contribution in [1.82, 2.24) is 0 Å². The summed E-state index contributed by atoms with van der Waals surface area (Å²) in [7, 11) is 0. The first-order valence-electron chi connectivity index (χ1n) is 10.5. The number of aliphatic hydroxyl groups is 1. The van der Waals surface area contributed by atoms with Crippen LogP contribution in [0.2, 0.25) is 0 Å². The second kappa shape index (κ2) is 22.1. The monoisotopic (exact) mass is 332 g/mol. The van der Waals surface area contributed by atoms with Gasteiger partial charge in [-0.3, -0.25) is 0 Å². The van der Waals surface area contributed by atoms with Crippen LogP contribution in [0.5, 0.6) is 0 Å². The summed E-state index contributed by atoms with van der Waals surface area (Å²) in [5.74, 6) is 11.8. The Morgan fingerprint density at radius 2 is 0.875 bits per heavy atom. The van der Waals surface area contributed by atoms with E-state index in [4.69, 9.17) is 5.11 Å². The summed E-state index contributed by atoms with van der Waals surface area (Å²) >= 11 is 0. The van der Waals surface area contributed by atoms with Crippen LogP contribution < -0.4 is 0 Å². The first kappa shape index (κ1) is 23.1. The van der Waals surface area contributed by atoms with Gasteiger partial charge in [0.2, 0.25) is 0 Å². The number of aliphatic hydroxyl groups excluding tert-OH is 1. The molecule has 24 heavy (non-hydrogen) atoms. The maximum Gasteiger partial charge on any atom is 0.0440 e. The van der Waals surface area contributed by atoms with E-state index >= 15 is 0 Å². The quantitative estimate of drug-likeness (QED) is 0.248. The Bertz CT molecular complexity index is 350. The van der Waals surface area contributed by atoms with Crippen LogP contribution in [0.4, 0.5) is 0 Å². The molecule has 0 aromatic rings. The van der Waals surface area contributed by atoms with Crippen molar-refractivity contribution in [1.29, 1.82) is 0 Å². The maximum absolute atomic E-state index is 8.61. The van der Waals surface area contributed by atoms with Crippen LogP contribution >= 0.6 is 0 Å². The molecule has 0 saturated carbocycles. The minimum absolute atomic E-state index is 0.223. The average Bonchev–Trinajstić information content (AvgIpc) is 2.60. The predicted octanol–water partition coefficient (Wildman–Crippen LogP) is 6.64. The Kier molecular flexibility index (Phi) is 21.2. The molecule has 138 valence electrons. The first-order valence-corrected chi connectivity index (χ1v) is 10.5. The van der Waals surface area contributed by atoms with Crippen LogP contribution in [0.25, 0.3) is 0 Å². The number of unbranched alkanes of at least 4 members (excludes halogenated alkanes) is 15. The van der Waals surface area contributed by atoms with E-state index in [9.17, 15) is 0 Å². The fraction of sp³-hybridized carbons (Fsp3) is 0.826. The second-order valence-electron chi connectivity index (χ2n) is 6.78. The summed E-state index contributed by atoms with van der Waals surface area (Å²) < 4.78 is 0. The van der Waals surface area contributed by atoms with E-state index in [2.05, 4.69) is 30.6 Å². The molecule has 0 heterocycles. The predicted molar refractivity (Wildman–Crippen MR) is 107 cm³/mol. The average molecular weight is 333 g/mol. The van der Waals surface area contributed by atoms with Gasteiger partial charge in [0.1, 0.15) is 0 Å². The number of hydrogen-bond donors (Lipinski definition) is 1. The summed E-state index contributed by atoms with van der Waals surface area (Å²) in [6.07, 6.45) is 22.1. The van der Waals surface area contributed by atoms with Crippen molar-refractivity contribution in [2.75, 3.05) is 6.61 Å². The molecule has 0 fully saturated rings. The van der Waals surface area contributed by atoms with Gasteiger partial charge >= 0.3 is 0 Å². The van der Waals surface area contributed by atoms with Gasteiger partial charge in [-0.25, -0.2) is 0 Å². The maximum atomic E-state index is 8.61. The molecule has 1 N–H and O–H groups in total. The molecule has 0 aliphatic rings. The molecule has 1 nitrogen and oxygen atoms in total. The zero-order valence-electron chi connectivity index (χ0n) is 16.2. The Balaban J connectivity index is 3.12. The van der Waals surface area contributed by atoms with Crippen LogP contribution in [-0.2, 0) is 0 Å². The van der Waals surface area contributed by atoms with Crippen molar-refractivity contribution in [3.63, 3.8) is 0 Å². The third-order valence-electron chi connectivity index (χ3n) is 4.35. The summed E-state index contributed by atoms with van der Waals surface area (Å²) in [6.45, 7) is 2.51. The molecule has 0 bridgehead atoms. The van der Waals surface area contributed by atoms with Crippen LogP contribution in [0.3, 0.4) is 0 Å². The molecular weight excluding hydrogens is 292 g/mol.